The van der Waals surface area contributed by atoms with Crippen molar-refractivity contribution in [2.24, 2.45) is 0 Å². The molecule has 3 rings (SSSR count). The van der Waals surface area contributed by atoms with Crippen LogP contribution in [0.1, 0.15) is 28.8 Å². The van der Waals surface area contributed by atoms with Crippen LogP contribution in [0.3, 0.4) is 0 Å². The van der Waals surface area contributed by atoms with Gasteiger partial charge in [0.1, 0.15) is 0 Å². The Morgan fingerprint density at radius 1 is 1.17 bits per heavy atom. The molecule has 1 aromatic carbocycles. The van der Waals surface area contributed by atoms with Crippen molar-refractivity contribution in [3.63, 3.8) is 0 Å². The van der Waals surface area contributed by atoms with E-state index in [-0.39, 0.29) is 6.10 Å². The second-order valence-corrected chi connectivity index (χ2v) is 7.54. The van der Waals surface area contributed by atoms with Crippen molar-refractivity contribution < 1.29 is 5.11 Å². The first-order chi connectivity index (χ1) is 11.2. The number of benzene rings is 1. The highest BCUT2D eigenvalue weighted by Gasteiger charge is 2.17. The lowest BCUT2D eigenvalue weighted by Gasteiger charge is -2.30. The maximum atomic E-state index is 9.63. The Morgan fingerprint density at radius 2 is 1.91 bits per heavy atom. The Labute approximate surface area is 146 Å². The van der Waals surface area contributed by atoms with Gasteiger partial charge in [-0.15, -0.1) is 11.3 Å². The number of nitrogens with zero attached hydrogens (tertiary/aromatic N) is 1. The fraction of sp³-hybridized carbons (Fsp3) is 0.444. The van der Waals surface area contributed by atoms with Gasteiger partial charge in [-0.2, -0.15) is 0 Å². The largest absolute Gasteiger partial charge is 0.393 e. The molecule has 0 radical (unpaired) electrons. The topological polar surface area (TPSA) is 35.5 Å². The Kier molecular flexibility index (Phi) is 6.08. The molecule has 3 nitrogen and oxygen atoms in total. The molecule has 23 heavy (non-hydrogen) atoms. The molecular weight excluding hydrogens is 328 g/mol. The van der Waals surface area contributed by atoms with Crippen LogP contribution in [0, 0.1) is 0 Å². The average Bonchev–Trinajstić information content (AvgIpc) is 2.97. The predicted octanol–water partition coefficient (Wildman–Crippen LogP) is 3.65. The molecule has 0 unspecified atom stereocenters. The molecule has 1 saturated heterocycles. The van der Waals surface area contributed by atoms with Crippen LogP contribution in [0.2, 0.25) is 5.02 Å². The van der Waals surface area contributed by atoms with Gasteiger partial charge in [0.05, 0.1) is 11.1 Å². The maximum Gasteiger partial charge on any atom is 0.0564 e. The molecule has 0 spiro atoms. The molecule has 1 fully saturated rings. The molecule has 1 aliphatic heterocycles. The SMILES string of the molecule is OC1CCN(Cc2ccccc2CNCc2cc(Cl)cs2)CC1. The fourth-order valence-corrected chi connectivity index (χ4v) is 4.01. The monoisotopic (exact) mass is 350 g/mol. The van der Waals surface area contributed by atoms with Crippen LogP contribution >= 0.6 is 22.9 Å². The van der Waals surface area contributed by atoms with Gasteiger partial charge >= 0.3 is 0 Å². The van der Waals surface area contributed by atoms with E-state index in [4.69, 9.17) is 11.6 Å². The third-order valence-electron chi connectivity index (χ3n) is 4.31. The van der Waals surface area contributed by atoms with E-state index < -0.39 is 0 Å². The Balaban J connectivity index is 1.54. The fourth-order valence-electron chi connectivity index (χ4n) is 2.97. The normalized spacial score (nSPS) is 16.8. The summed E-state index contributed by atoms with van der Waals surface area (Å²) in [6, 6.07) is 10.6. The standard InChI is InChI=1S/C18H23ClN2OS/c19-16-9-18(23-13-16)11-20-10-14-3-1-2-4-15(14)12-21-7-5-17(22)6-8-21/h1-4,9,13,17,20,22H,5-8,10-12H2. The van der Waals surface area contributed by atoms with E-state index in [9.17, 15) is 5.11 Å². The molecule has 2 N–H and O–H groups in total. The highest BCUT2D eigenvalue weighted by molar-refractivity contribution is 7.10. The van der Waals surface area contributed by atoms with Gasteiger partial charge in [-0.05, 0) is 30.0 Å². The zero-order valence-corrected chi connectivity index (χ0v) is 14.7. The minimum absolute atomic E-state index is 0.110. The van der Waals surface area contributed by atoms with Gasteiger partial charge in [-0.3, -0.25) is 4.90 Å². The van der Waals surface area contributed by atoms with E-state index in [1.807, 2.05) is 11.4 Å². The van der Waals surface area contributed by atoms with Crippen molar-refractivity contribution in [1.29, 1.82) is 0 Å². The average molecular weight is 351 g/mol. The number of hydrogen-bond acceptors (Lipinski definition) is 4. The first-order valence-corrected chi connectivity index (χ1v) is 9.37. The molecule has 2 aromatic rings. The van der Waals surface area contributed by atoms with Gasteiger partial charge in [-0.1, -0.05) is 35.9 Å². The summed E-state index contributed by atoms with van der Waals surface area (Å²) in [5, 5.41) is 15.9. The number of thiophene rings is 1. The van der Waals surface area contributed by atoms with Crippen LogP contribution in [-0.4, -0.2) is 29.2 Å². The number of hydrogen-bond donors (Lipinski definition) is 2. The number of aliphatic hydroxyl groups excluding tert-OH is 1. The van der Waals surface area contributed by atoms with Crippen LogP contribution in [0.4, 0.5) is 0 Å². The van der Waals surface area contributed by atoms with Gasteiger partial charge in [0.25, 0.3) is 0 Å². The smallest absolute Gasteiger partial charge is 0.0564 e. The number of likely N-dealkylation sites (tertiary alicyclic amines) is 1. The summed E-state index contributed by atoms with van der Waals surface area (Å²) in [5.74, 6) is 0. The van der Waals surface area contributed by atoms with Crippen molar-refractivity contribution in [1.82, 2.24) is 10.2 Å². The van der Waals surface area contributed by atoms with Crippen molar-refractivity contribution in [3.8, 4) is 0 Å². The highest BCUT2D eigenvalue weighted by atomic mass is 35.5. The molecule has 5 heteroatoms. The molecule has 0 bridgehead atoms. The van der Waals surface area contributed by atoms with Gasteiger partial charge < -0.3 is 10.4 Å². The summed E-state index contributed by atoms with van der Waals surface area (Å²) in [4.78, 5) is 3.70. The minimum Gasteiger partial charge on any atom is -0.393 e. The number of piperidine rings is 1. The second kappa shape index (κ2) is 8.27. The van der Waals surface area contributed by atoms with Gasteiger partial charge in [0, 0.05) is 43.0 Å². The van der Waals surface area contributed by atoms with Gasteiger partial charge in [0.15, 0.2) is 0 Å². The Hall–Kier alpha value is -0.910. The van der Waals surface area contributed by atoms with E-state index in [1.54, 1.807) is 11.3 Å². The Bertz CT molecular complexity index is 623. The molecular formula is C18H23ClN2OS. The van der Waals surface area contributed by atoms with E-state index in [1.165, 1.54) is 16.0 Å². The van der Waals surface area contributed by atoms with Crippen molar-refractivity contribution in [2.75, 3.05) is 13.1 Å². The lowest BCUT2D eigenvalue weighted by atomic mass is 10.0. The van der Waals surface area contributed by atoms with Crippen LogP contribution in [0.25, 0.3) is 0 Å². The molecule has 1 aromatic heterocycles. The molecule has 0 aliphatic carbocycles. The first-order valence-electron chi connectivity index (χ1n) is 8.11. The molecule has 1 aliphatic rings. The number of aliphatic hydroxyl groups is 1. The first kappa shape index (κ1) is 16.9. The molecule has 0 amide bonds. The summed E-state index contributed by atoms with van der Waals surface area (Å²) in [5.41, 5.74) is 2.72. The van der Waals surface area contributed by atoms with Crippen molar-refractivity contribution in [2.45, 2.75) is 38.6 Å². The summed E-state index contributed by atoms with van der Waals surface area (Å²) in [6.45, 7) is 4.65. The number of halogens is 1. The minimum atomic E-state index is -0.110. The van der Waals surface area contributed by atoms with Gasteiger partial charge in [-0.25, -0.2) is 0 Å². The predicted molar refractivity (Wildman–Crippen MR) is 96.8 cm³/mol. The molecule has 0 saturated carbocycles. The van der Waals surface area contributed by atoms with Crippen molar-refractivity contribution in [3.05, 3.63) is 56.7 Å². The van der Waals surface area contributed by atoms with E-state index in [2.05, 4.69) is 34.5 Å². The van der Waals surface area contributed by atoms with Crippen LogP contribution in [0.5, 0.6) is 0 Å². The molecule has 124 valence electrons. The van der Waals surface area contributed by atoms with Crippen LogP contribution in [-0.2, 0) is 19.6 Å². The third-order valence-corrected chi connectivity index (χ3v) is 5.59. The summed E-state index contributed by atoms with van der Waals surface area (Å²) in [6.07, 6.45) is 1.67. The van der Waals surface area contributed by atoms with E-state index in [0.29, 0.717) is 0 Å². The number of rotatable bonds is 6. The van der Waals surface area contributed by atoms with Crippen LogP contribution in [0.15, 0.2) is 35.7 Å². The second-order valence-electron chi connectivity index (χ2n) is 6.11. The van der Waals surface area contributed by atoms with Crippen molar-refractivity contribution >= 4 is 22.9 Å². The van der Waals surface area contributed by atoms with Gasteiger partial charge in [0.2, 0.25) is 0 Å². The maximum absolute atomic E-state index is 9.63. The van der Waals surface area contributed by atoms with E-state index >= 15 is 0 Å². The lowest BCUT2D eigenvalue weighted by molar-refractivity contribution is 0.0791. The van der Waals surface area contributed by atoms with Crippen LogP contribution < -0.4 is 5.32 Å². The number of nitrogens with one attached hydrogen (secondary N) is 1. The van der Waals surface area contributed by atoms with E-state index in [0.717, 1.165) is 50.6 Å². The highest BCUT2D eigenvalue weighted by Crippen LogP contribution is 2.20. The third kappa shape index (κ3) is 5.03. The zero-order chi connectivity index (χ0) is 16.1. The lowest BCUT2D eigenvalue weighted by Crippen LogP contribution is -2.35. The summed E-state index contributed by atoms with van der Waals surface area (Å²) in [7, 11) is 0. The zero-order valence-electron chi connectivity index (χ0n) is 13.2. The summed E-state index contributed by atoms with van der Waals surface area (Å²) < 4.78 is 0. The summed E-state index contributed by atoms with van der Waals surface area (Å²) >= 11 is 7.65. The molecule has 0 atom stereocenters. The molecule has 2 heterocycles. The Morgan fingerprint density at radius 3 is 2.61 bits per heavy atom. The quantitative estimate of drug-likeness (QED) is 0.834.